The smallest absolute Gasteiger partial charge is 0.270 e. The standard InChI is InChI=1S/C15H14BrClFN5O2/c16-10-5-9(13(24)11(17)6-10)7-20-22-15-19-8-12(18)14(21-15)23-1-3-25-4-2-23/h5-6,8,24H,1-4,7H2. The number of aromatic hydroxyl groups is 1. The van der Waals surface area contributed by atoms with Crippen molar-refractivity contribution in [1.29, 1.82) is 0 Å². The first-order valence-corrected chi connectivity index (χ1v) is 8.61. The molecule has 0 aliphatic carbocycles. The van der Waals surface area contributed by atoms with E-state index in [1.165, 1.54) is 0 Å². The van der Waals surface area contributed by atoms with Gasteiger partial charge in [0.2, 0.25) is 0 Å². The third-order valence-electron chi connectivity index (χ3n) is 3.53. The van der Waals surface area contributed by atoms with Gasteiger partial charge in [0.25, 0.3) is 5.95 Å². The molecule has 2 heterocycles. The van der Waals surface area contributed by atoms with Crippen molar-refractivity contribution in [3.8, 4) is 5.75 Å². The molecule has 2 aromatic rings. The maximum Gasteiger partial charge on any atom is 0.270 e. The van der Waals surface area contributed by atoms with E-state index in [2.05, 4.69) is 36.1 Å². The molecule has 10 heteroatoms. The fraction of sp³-hybridized carbons (Fsp3) is 0.333. The van der Waals surface area contributed by atoms with Crippen LogP contribution in [0.5, 0.6) is 5.75 Å². The van der Waals surface area contributed by atoms with Crippen molar-refractivity contribution in [1.82, 2.24) is 9.97 Å². The number of benzene rings is 1. The average molecular weight is 431 g/mol. The molecule has 132 valence electrons. The van der Waals surface area contributed by atoms with Crippen LogP contribution in [0.3, 0.4) is 0 Å². The van der Waals surface area contributed by atoms with E-state index in [1.807, 2.05) is 0 Å². The zero-order valence-electron chi connectivity index (χ0n) is 13.0. The number of nitrogens with zero attached hydrogens (tertiary/aromatic N) is 5. The van der Waals surface area contributed by atoms with Gasteiger partial charge in [-0.15, -0.1) is 5.11 Å². The Kier molecular flexibility index (Phi) is 5.77. The van der Waals surface area contributed by atoms with Crippen LogP contribution in [0.2, 0.25) is 5.02 Å². The summed E-state index contributed by atoms with van der Waals surface area (Å²) in [6.45, 7) is 2.22. The molecule has 0 bridgehead atoms. The molecule has 1 saturated heterocycles. The van der Waals surface area contributed by atoms with Gasteiger partial charge in [0.15, 0.2) is 11.6 Å². The second-order valence-corrected chi connectivity index (χ2v) is 6.56. The molecule has 1 aromatic carbocycles. The van der Waals surface area contributed by atoms with Crippen molar-refractivity contribution in [3.05, 3.63) is 39.2 Å². The quantitative estimate of drug-likeness (QED) is 0.745. The minimum atomic E-state index is -0.516. The van der Waals surface area contributed by atoms with Gasteiger partial charge in [-0.3, -0.25) is 0 Å². The zero-order valence-corrected chi connectivity index (χ0v) is 15.3. The lowest BCUT2D eigenvalue weighted by Gasteiger charge is -2.27. The first-order chi connectivity index (χ1) is 12.0. The predicted octanol–water partition coefficient (Wildman–Crippen LogP) is 3.86. The average Bonchev–Trinajstić information content (AvgIpc) is 2.61. The molecule has 25 heavy (non-hydrogen) atoms. The minimum absolute atomic E-state index is 0.0449. The number of hydrogen-bond acceptors (Lipinski definition) is 7. The van der Waals surface area contributed by atoms with Gasteiger partial charge in [0, 0.05) is 23.1 Å². The number of phenols is 1. The molecule has 1 aromatic heterocycles. The molecular weight excluding hydrogens is 417 g/mol. The van der Waals surface area contributed by atoms with Crippen LogP contribution in [0.25, 0.3) is 0 Å². The lowest BCUT2D eigenvalue weighted by Crippen LogP contribution is -2.37. The maximum absolute atomic E-state index is 14.0. The molecule has 0 amide bonds. The van der Waals surface area contributed by atoms with Gasteiger partial charge in [0.1, 0.15) is 5.75 Å². The molecular formula is C15H14BrClFN5O2. The predicted molar refractivity (Wildman–Crippen MR) is 94.1 cm³/mol. The van der Waals surface area contributed by atoms with E-state index in [0.29, 0.717) is 36.3 Å². The molecule has 0 atom stereocenters. The number of hydrogen-bond donors (Lipinski definition) is 1. The SMILES string of the molecule is Oc1c(Cl)cc(Br)cc1CN=Nc1ncc(F)c(N2CCOCC2)n1. The van der Waals surface area contributed by atoms with Crippen LogP contribution >= 0.6 is 27.5 Å². The summed E-state index contributed by atoms with van der Waals surface area (Å²) in [5, 5.41) is 18.0. The van der Waals surface area contributed by atoms with Crippen LogP contribution in [0.15, 0.2) is 33.0 Å². The van der Waals surface area contributed by atoms with Gasteiger partial charge in [0.05, 0.1) is 31.0 Å². The Morgan fingerprint density at radius 3 is 2.88 bits per heavy atom. The Bertz CT molecular complexity index is 802. The molecule has 7 nitrogen and oxygen atoms in total. The van der Waals surface area contributed by atoms with Crippen LogP contribution in [-0.4, -0.2) is 41.4 Å². The van der Waals surface area contributed by atoms with Gasteiger partial charge >= 0.3 is 0 Å². The van der Waals surface area contributed by atoms with Crippen molar-refractivity contribution >= 4 is 39.3 Å². The Labute approximate surface area is 156 Å². The second-order valence-electron chi connectivity index (χ2n) is 5.24. The summed E-state index contributed by atoms with van der Waals surface area (Å²) in [7, 11) is 0. The first kappa shape index (κ1) is 18.0. The number of halogens is 3. The number of anilines is 1. The molecule has 1 fully saturated rings. The fourth-order valence-corrected chi connectivity index (χ4v) is 3.18. The molecule has 0 saturated carbocycles. The third kappa shape index (κ3) is 4.42. The molecule has 1 aliphatic rings. The van der Waals surface area contributed by atoms with E-state index in [4.69, 9.17) is 16.3 Å². The van der Waals surface area contributed by atoms with E-state index < -0.39 is 5.82 Å². The summed E-state index contributed by atoms with van der Waals surface area (Å²) < 4.78 is 19.9. The van der Waals surface area contributed by atoms with Gasteiger partial charge in [-0.2, -0.15) is 10.1 Å². The van der Waals surface area contributed by atoms with Crippen molar-refractivity contribution in [2.24, 2.45) is 10.2 Å². The highest BCUT2D eigenvalue weighted by atomic mass is 79.9. The molecule has 3 rings (SSSR count). The highest BCUT2D eigenvalue weighted by Gasteiger charge is 2.17. The first-order valence-electron chi connectivity index (χ1n) is 7.44. The number of ether oxygens (including phenoxy) is 1. The maximum atomic E-state index is 14.0. The number of phenolic OH excluding ortho intramolecular Hbond substituents is 1. The monoisotopic (exact) mass is 429 g/mol. The molecule has 1 N–H and O–H groups in total. The topological polar surface area (TPSA) is 83.2 Å². The second kappa shape index (κ2) is 8.03. The zero-order chi connectivity index (χ0) is 17.8. The van der Waals surface area contributed by atoms with E-state index in [1.54, 1.807) is 17.0 Å². The highest BCUT2D eigenvalue weighted by molar-refractivity contribution is 9.10. The minimum Gasteiger partial charge on any atom is -0.506 e. The van der Waals surface area contributed by atoms with Gasteiger partial charge < -0.3 is 14.7 Å². The van der Waals surface area contributed by atoms with E-state index in [-0.39, 0.29) is 29.1 Å². The third-order valence-corrected chi connectivity index (χ3v) is 4.28. The van der Waals surface area contributed by atoms with Crippen molar-refractivity contribution in [2.75, 3.05) is 31.2 Å². The van der Waals surface area contributed by atoms with Crippen LogP contribution in [0.1, 0.15) is 5.56 Å². The lowest BCUT2D eigenvalue weighted by atomic mass is 10.2. The molecule has 1 aliphatic heterocycles. The van der Waals surface area contributed by atoms with Crippen LogP contribution in [0.4, 0.5) is 16.2 Å². The Hall–Kier alpha value is -1.84. The van der Waals surface area contributed by atoms with Crippen LogP contribution in [-0.2, 0) is 11.3 Å². The Morgan fingerprint density at radius 2 is 2.12 bits per heavy atom. The molecule has 0 spiro atoms. The van der Waals surface area contributed by atoms with Gasteiger partial charge in [-0.1, -0.05) is 27.5 Å². The largest absolute Gasteiger partial charge is 0.506 e. The van der Waals surface area contributed by atoms with Crippen LogP contribution < -0.4 is 4.90 Å². The summed E-state index contributed by atoms with van der Waals surface area (Å²) in [5.41, 5.74) is 0.499. The lowest BCUT2D eigenvalue weighted by molar-refractivity contribution is 0.122. The Balaban J connectivity index is 1.75. The number of aromatic nitrogens is 2. The molecule has 0 unspecified atom stereocenters. The van der Waals surface area contributed by atoms with Gasteiger partial charge in [-0.25, -0.2) is 9.37 Å². The number of morpholine rings is 1. The van der Waals surface area contributed by atoms with E-state index in [0.717, 1.165) is 6.20 Å². The van der Waals surface area contributed by atoms with Crippen LogP contribution in [0, 0.1) is 5.82 Å². The molecule has 0 radical (unpaired) electrons. The number of azo groups is 1. The summed E-state index contributed by atoms with van der Waals surface area (Å²) in [5.74, 6) is -0.348. The summed E-state index contributed by atoms with van der Waals surface area (Å²) >= 11 is 9.20. The Morgan fingerprint density at radius 1 is 1.36 bits per heavy atom. The van der Waals surface area contributed by atoms with Crippen molar-refractivity contribution in [3.63, 3.8) is 0 Å². The number of rotatable bonds is 4. The van der Waals surface area contributed by atoms with Crippen molar-refractivity contribution in [2.45, 2.75) is 6.54 Å². The van der Waals surface area contributed by atoms with Gasteiger partial charge in [-0.05, 0) is 12.1 Å². The van der Waals surface area contributed by atoms with E-state index in [9.17, 15) is 9.50 Å². The van der Waals surface area contributed by atoms with Crippen molar-refractivity contribution < 1.29 is 14.2 Å². The fourth-order valence-electron chi connectivity index (χ4n) is 2.31. The highest BCUT2D eigenvalue weighted by Crippen LogP contribution is 2.32. The normalized spacial score (nSPS) is 15.1. The summed E-state index contributed by atoms with van der Waals surface area (Å²) in [6, 6.07) is 3.26. The summed E-state index contributed by atoms with van der Waals surface area (Å²) in [4.78, 5) is 9.71. The van der Waals surface area contributed by atoms with E-state index >= 15 is 0 Å². The summed E-state index contributed by atoms with van der Waals surface area (Å²) in [6.07, 6.45) is 1.07.